The van der Waals surface area contributed by atoms with Gasteiger partial charge in [-0.25, -0.2) is 13.8 Å². The van der Waals surface area contributed by atoms with Gasteiger partial charge in [0.1, 0.15) is 0 Å². The number of hydrogen-bond acceptors (Lipinski definition) is 3. The Bertz CT molecular complexity index is 763. The van der Waals surface area contributed by atoms with E-state index in [4.69, 9.17) is 4.52 Å². The molecule has 5 heteroatoms. The molecular weight excluding hydrogens is 262 g/mol. The predicted molar refractivity (Wildman–Crippen MR) is 71.7 cm³/mol. The monoisotopic (exact) mass is 274 g/mol. The summed E-state index contributed by atoms with van der Waals surface area (Å²) in [4.78, 5) is 4.28. The minimum atomic E-state index is -2.59. The van der Waals surface area contributed by atoms with Crippen molar-refractivity contribution in [2.24, 2.45) is 0 Å². The van der Waals surface area contributed by atoms with Crippen molar-refractivity contribution in [3.05, 3.63) is 47.2 Å². The number of rotatable bonds is 2. The highest BCUT2D eigenvalue weighted by molar-refractivity contribution is 5.83. The molecule has 0 spiro atoms. The lowest BCUT2D eigenvalue weighted by Crippen LogP contribution is -1.92. The van der Waals surface area contributed by atoms with E-state index in [0.717, 1.165) is 11.1 Å². The van der Waals surface area contributed by atoms with E-state index in [-0.39, 0.29) is 11.3 Å². The SMILES string of the molecule is Cc1ccc(-c2cc(C(F)F)c3c(C)noc3n2)cc1. The molecule has 0 radical (unpaired) electrons. The van der Waals surface area contributed by atoms with Gasteiger partial charge in [0.2, 0.25) is 0 Å². The lowest BCUT2D eigenvalue weighted by atomic mass is 10.0. The summed E-state index contributed by atoms with van der Waals surface area (Å²) in [6.07, 6.45) is -2.59. The maximum Gasteiger partial charge on any atom is 0.264 e. The molecule has 102 valence electrons. The molecule has 0 saturated heterocycles. The Labute approximate surface area is 114 Å². The smallest absolute Gasteiger partial charge is 0.264 e. The minimum absolute atomic E-state index is 0.0932. The highest BCUT2D eigenvalue weighted by Gasteiger charge is 2.20. The number of fused-ring (bicyclic) bond motifs is 1. The Balaban J connectivity index is 2.25. The molecule has 0 unspecified atom stereocenters. The van der Waals surface area contributed by atoms with Crippen molar-refractivity contribution < 1.29 is 13.3 Å². The largest absolute Gasteiger partial charge is 0.336 e. The first kappa shape index (κ1) is 12.7. The Morgan fingerprint density at radius 2 is 1.80 bits per heavy atom. The Morgan fingerprint density at radius 3 is 2.45 bits per heavy atom. The van der Waals surface area contributed by atoms with Crippen molar-refractivity contribution in [2.45, 2.75) is 20.3 Å². The molecule has 2 heterocycles. The third-order valence-corrected chi connectivity index (χ3v) is 3.23. The van der Waals surface area contributed by atoms with E-state index in [1.54, 1.807) is 6.92 Å². The standard InChI is InChI=1S/C15H12F2N2O/c1-8-3-5-10(6-4-8)12-7-11(14(16)17)13-9(2)19-20-15(13)18-12/h3-7,14H,1-2H3. The van der Waals surface area contributed by atoms with Crippen LogP contribution in [-0.2, 0) is 0 Å². The zero-order valence-electron chi connectivity index (χ0n) is 11.0. The number of halogens is 2. The molecule has 0 aliphatic heterocycles. The number of hydrogen-bond donors (Lipinski definition) is 0. The summed E-state index contributed by atoms with van der Waals surface area (Å²) in [5.41, 5.74) is 2.82. The van der Waals surface area contributed by atoms with E-state index < -0.39 is 6.43 Å². The first-order valence-corrected chi connectivity index (χ1v) is 6.18. The molecule has 2 aromatic heterocycles. The summed E-state index contributed by atoms with van der Waals surface area (Å²) in [5, 5.41) is 4.02. The van der Waals surface area contributed by atoms with Gasteiger partial charge in [0.15, 0.2) is 0 Å². The number of aryl methyl sites for hydroxylation is 2. The van der Waals surface area contributed by atoms with Crippen LogP contribution in [0.25, 0.3) is 22.4 Å². The molecule has 0 saturated carbocycles. The molecule has 0 atom stereocenters. The number of benzene rings is 1. The fourth-order valence-corrected chi connectivity index (χ4v) is 2.17. The molecule has 0 aliphatic rings. The van der Waals surface area contributed by atoms with Crippen molar-refractivity contribution in [3.63, 3.8) is 0 Å². The van der Waals surface area contributed by atoms with Gasteiger partial charge in [0.05, 0.1) is 16.8 Å². The molecule has 0 fully saturated rings. The topological polar surface area (TPSA) is 38.9 Å². The van der Waals surface area contributed by atoms with Crippen LogP contribution in [0.3, 0.4) is 0 Å². The maximum atomic E-state index is 13.2. The van der Waals surface area contributed by atoms with Gasteiger partial charge < -0.3 is 4.52 Å². The molecule has 3 rings (SSSR count). The zero-order valence-corrected chi connectivity index (χ0v) is 11.0. The van der Waals surface area contributed by atoms with Crippen LogP contribution in [0.1, 0.15) is 23.2 Å². The predicted octanol–water partition coefficient (Wildman–Crippen LogP) is 4.44. The second kappa shape index (κ2) is 4.67. The van der Waals surface area contributed by atoms with Crippen molar-refractivity contribution >= 4 is 11.1 Å². The fourth-order valence-electron chi connectivity index (χ4n) is 2.17. The molecule has 0 N–H and O–H groups in total. The first-order chi connectivity index (χ1) is 9.56. The lowest BCUT2D eigenvalue weighted by molar-refractivity contribution is 0.153. The van der Waals surface area contributed by atoms with Crippen LogP contribution < -0.4 is 0 Å². The van der Waals surface area contributed by atoms with E-state index in [1.165, 1.54) is 6.07 Å². The van der Waals surface area contributed by atoms with E-state index in [2.05, 4.69) is 10.1 Å². The molecule has 0 amide bonds. The lowest BCUT2D eigenvalue weighted by Gasteiger charge is -2.06. The molecule has 0 aliphatic carbocycles. The summed E-state index contributed by atoms with van der Waals surface area (Å²) < 4.78 is 31.5. The van der Waals surface area contributed by atoms with Crippen LogP contribution in [0.4, 0.5) is 8.78 Å². The van der Waals surface area contributed by atoms with Gasteiger partial charge in [-0.2, -0.15) is 0 Å². The minimum Gasteiger partial charge on any atom is -0.336 e. The quantitative estimate of drug-likeness (QED) is 0.693. The normalized spacial score (nSPS) is 11.4. The number of alkyl halides is 2. The average Bonchev–Trinajstić information content (AvgIpc) is 2.80. The van der Waals surface area contributed by atoms with Crippen molar-refractivity contribution in [2.75, 3.05) is 0 Å². The van der Waals surface area contributed by atoms with Crippen molar-refractivity contribution in [3.8, 4) is 11.3 Å². The van der Waals surface area contributed by atoms with Crippen molar-refractivity contribution in [1.29, 1.82) is 0 Å². The highest BCUT2D eigenvalue weighted by Crippen LogP contribution is 2.32. The van der Waals surface area contributed by atoms with E-state index in [0.29, 0.717) is 16.8 Å². The fraction of sp³-hybridized carbons (Fsp3) is 0.200. The molecular formula is C15H12F2N2O. The van der Waals surface area contributed by atoms with E-state index >= 15 is 0 Å². The Hall–Kier alpha value is -2.30. The van der Waals surface area contributed by atoms with Crippen LogP contribution in [0.5, 0.6) is 0 Å². The van der Waals surface area contributed by atoms with Crippen LogP contribution in [0.2, 0.25) is 0 Å². The van der Waals surface area contributed by atoms with Crippen LogP contribution >= 0.6 is 0 Å². The van der Waals surface area contributed by atoms with Gasteiger partial charge >= 0.3 is 0 Å². The highest BCUT2D eigenvalue weighted by atomic mass is 19.3. The molecule has 3 aromatic rings. The summed E-state index contributed by atoms with van der Waals surface area (Å²) in [6.45, 7) is 3.59. The molecule has 0 bridgehead atoms. The molecule has 3 nitrogen and oxygen atoms in total. The Kier molecular flexibility index (Phi) is 2.97. The van der Waals surface area contributed by atoms with E-state index in [1.807, 2.05) is 31.2 Å². The summed E-state index contributed by atoms with van der Waals surface area (Å²) in [6, 6.07) is 8.93. The van der Waals surface area contributed by atoms with Gasteiger partial charge in [0, 0.05) is 11.1 Å². The van der Waals surface area contributed by atoms with Crippen LogP contribution in [0.15, 0.2) is 34.9 Å². The van der Waals surface area contributed by atoms with Gasteiger partial charge in [-0.1, -0.05) is 35.0 Å². The van der Waals surface area contributed by atoms with E-state index in [9.17, 15) is 8.78 Å². The van der Waals surface area contributed by atoms with Crippen molar-refractivity contribution in [1.82, 2.24) is 10.1 Å². The Morgan fingerprint density at radius 1 is 1.10 bits per heavy atom. The first-order valence-electron chi connectivity index (χ1n) is 6.18. The summed E-state index contributed by atoms with van der Waals surface area (Å²) >= 11 is 0. The van der Waals surface area contributed by atoms with Gasteiger partial charge in [0.25, 0.3) is 12.1 Å². The zero-order chi connectivity index (χ0) is 14.3. The number of aromatic nitrogens is 2. The van der Waals surface area contributed by atoms with Crippen LogP contribution in [0, 0.1) is 13.8 Å². The summed E-state index contributed by atoms with van der Waals surface area (Å²) in [5.74, 6) is 0. The second-order valence-electron chi connectivity index (χ2n) is 4.71. The average molecular weight is 274 g/mol. The molecule has 1 aromatic carbocycles. The van der Waals surface area contributed by atoms with Gasteiger partial charge in [-0.15, -0.1) is 0 Å². The molecule has 20 heavy (non-hydrogen) atoms. The third-order valence-electron chi connectivity index (χ3n) is 3.23. The number of pyridine rings is 1. The third kappa shape index (κ3) is 2.05. The maximum absolute atomic E-state index is 13.2. The van der Waals surface area contributed by atoms with Crippen LogP contribution in [-0.4, -0.2) is 10.1 Å². The summed E-state index contributed by atoms with van der Waals surface area (Å²) in [7, 11) is 0. The van der Waals surface area contributed by atoms with Gasteiger partial charge in [-0.05, 0) is 19.9 Å². The number of nitrogens with zero attached hydrogens (tertiary/aromatic N) is 2. The second-order valence-corrected chi connectivity index (χ2v) is 4.71. The van der Waals surface area contributed by atoms with Gasteiger partial charge in [-0.3, -0.25) is 0 Å².